The highest BCUT2D eigenvalue weighted by molar-refractivity contribution is 5.43. The van der Waals surface area contributed by atoms with Gasteiger partial charge in [-0.15, -0.1) is 0 Å². The molecule has 0 N–H and O–H groups in total. The Morgan fingerprint density at radius 2 is 1.23 bits per heavy atom. The van der Waals surface area contributed by atoms with Crippen LogP contribution in [0.2, 0.25) is 0 Å². The molecule has 31 heavy (non-hydrogen) atoms. The van der Waals surface area contributed by atoms with E-state index in [4.69, 9.17) is 0 Å². The van der Waals surface area contributed by atoms with Crippen molar-refractivity contribution >= 4 is 0 Å². The highest BCUT2D eigenvalue weighted by Gasteiger charge is 2.41. The lowest BCUT2D eigenvalue weighted by atomic mass is 9.84. The van der Waals surface area contributed by atoms with E-state index in [9.17, 15) is 0 Å². The third-order valence-corrected chi connectivity index (χ3v) is 8.70. The standard InChI is InChI=1S/C29H43N2/c1-22-14-12-13-21-27(22)30-23(2)28(24-15-6-3-7-16-24)31(26-19-10-5-11-20-26)29(30)25-17-8-4-9-18-25/h12-14,21,24-26H,3-11,15-20H2,1-2H3/q+1. The fourth-order valence-corrected chi connectivity index (χ4v) is 7.14. The highest BCUT2D eigenvalue weighted by Crippen LogP contribution is 2.41. The summed E-state index contributed by atoms with van der Waals surface area (Å²) >= 11 is 0. The Morgan fingerprint density at radius 3 is 1.84 bits per heavy atom. The topological polar surface area (TPSA) is 8.81 Å². The van der Waals surface area contributed by atoms with E-state index in [2.05, 4.69) is 47.2 Å². The molecule has 3 aliphatic rings. The molecule has 1 aromatic heterocycles. The number of hydrogen-bond acceptors (Lipinski definition) is 0. The van der Waals surface area contributed by atoms with Crippen LogP contribution in [-0.2, 0) is 0 Å². The summed E-state index contributed by atoms with van der Waals surface area (Å²) in [5.41, 5.74) is 6.15. The number of hydrogen-bond donors (Lipinski definition) is 0. The molecule has 5 rings (SSSR count). The van der Waals surface area contributed by atoms with Crippen LogP contribution >= 0.6 is 0 Å². The van der Waals surface area contributed by atoms with Crippen molar-refractivity contribution in [2.75, 3.05) is 0 Å². The van der Waals surface area contributed by atoms with Gasteiger partial charge in [-0.3, -0.25) is 0 Å². The average Bonchev–Trinajstić information content (AvgIpc) is 3.14. The summed E-state index contributed by atoms with van der Waals surface area (Å²) < 4.78 is 5.73. The summed E-state index contributed by atoms with van der Waals surface area (Å²) in [4.78, 5) is 0. The van der Waals surface area contributed by atoms with Crippen LogP contribution in [0, 0.1) is 13.8 Å². The molecule has 1 aromatic carbocycles. The lowest BCUT2D eigenvalue weighted by Crippen LogP contribution is -2.48. The van der Waals surface area contributed by atoms with E-state index >= 15 is 0 Å². The average molecular weight is 420 g/mol. The molecule has 0 saturated heterocycles. The number of rotatable bonds is 4. The van der Waals surface area contributed by atoms with Crippen molar-refractivity contribution in [1.29, 1.82) is 0 Å². The van der Waals surface area contributed by atoms with Crippen LogP contribution in [0.3, 0.4) is 0 Å². The van der Waals surface area contributed by atoms with Gasteiger partial charge < -0.3 is 0 Å². The maximum absolute atomic E-state index is 2.98. The Bertz CT molecular complexity index is 874. The zero-order valence-corrected chi connectivity index (χ0v) is 20.0. The van der Waals surface area contributed by atoms with Gasteiger partial charge in [0, 0.05) is 12.8 Å². The molecule has 3 aliphatic carbocycles. The van der Waals surface area contributed by atoms with Crippen molar-refractivity contribution < 1.29 is 4.57 Å². The summed E-state index contributed by atoms with van der Waals surface area (Å²) in [6.07, 6.45) is 21.1. The van der Waals surface area contributed by atoms with Gasteiger partial charge in [0.25, 0.3) is 5.82 Å². The Morgan fingerprint density at radius 1 is 0.677 bits per heavy atom. The first kappa shape index (κ1) is 21.3. The number of nitrogens with zero attached hydrogens (tertiary/aromatic N) is 2. The Balaban J connectivity index is 1.74. The predicted molar refractivity (Wildman–Crippen MR) is 129 cm³/mol. The second-order valence-corrected chi connectivity index (χ2v) is 10.8. The Kier molecular flexibility index (Phi) is 6.53. The van der Waals surface area contributed by atoms with E-state index in [0.717, 1.165) is 17.9 Å². The fraction of sp³-hybridized carbons (Fsp3) is 0.690. The zero-order chi connectivity index (χ0) is 21.2. The zero-order valence-electron chi connectivity index (χ0n) is 20.0. The number of benzene rings is 1. The first-order chi connectivity index (χ1) is 15.3. The normalized spacial score (nSPS) is 22.1. The molecule has 2 nitrogen and oxygen atoms in total. The molecule has 1 heterocycles. The molecular formula is C29H43N2+. The maximum Gasteiger partial charge on any atom is 0.265 e. The van der Waals surface area contributed by atoms with Gasteiger partial charge >= 0.3 is 0 Å². The van der Waals surface area contributed by atoms with Crippen LogP contribution in [0.1, 0.15) is 137 Å². The molecule has 0 radical (unpaired) electrons. The van der Waals surface area contributed by atoms with Gasteiger partial charge in [0.1, 0.15) is 23.1 Å². The molecule has 0 atom stereocenters. The predicted octanol–water partition coefficient (Wildman–Crippen LogP) is 7.98. The molecule has 2 heteroatoms. The summed E-state index contributed by atoms with van der Waals surface area (Å²) in [6, 6.07) is 9.87. The second kappa shape index (κ2) is 9.51. The minimum Gasteiger partial charge on any atom is -0.228 e. The van der Waals surface area contributed by atoms with Crippen LogP contribution in [0.25, 0.3) is 5.69 Å². The summed E-state index contributed by atoms with van der Waals surface area (Å²) in [5, 5.41) is 0. The molecular weight excluding hydrogens is 376 g/mol. The Labute approximate surface area is 190 Å². The third-order valence-electron chi connectivity index (χ3n) is 8.70. The minimum absolute atomic E-state index is 0.728. The van der Waals surface area contributed by atoms with Gasteiger partial charge in [-0.2, -0.15) is 4.57 Å². The van der Waals surface area contributed by atoms with Crippen molar-refractivity contribution in [2.45, 2.75) is 128 Å². The van der Waals surface area contributed by atoms with Crippen LogP contribution in [0.4, 0.5) is 0 Å². The second-order valence-electron chi connectivity index (χ2n) is 10.8. The molecule has 0 amide bonds. The first-order valence-corrected chi connectivity index (χ1v) is 13.5. The van der Waals surface area contributed by atoms with E-state index in [0.29, 0.717) is 0 Å². The van der Waals surface area contributed by atoms with Crippen LogP contribution < -0.4 is 4.57 Å². The van der Waals surface area contributed by atoms with Gasteiger partial charge in [0.05, 0.1) is 5.92 Å². The highest BCUT2D eigenvalue weighted by atomic mass is 15.2. The number of aryl methyl sites for hydroxylation is 1. The smallest absolute Gasteiger partial charge is 0.228 e. The van der Waals surface area contributed by atoms with Gasteiger partial charge in [-0.1, -0.05) is 63.1 Å². The van der Waals surface area contributed by atoms with Crippen LogP contribution in [0.5, 0.6) is 0 Å². The van der Waals surface area contributed by atoms with Gasteiger partial charge in [0.15, 0.2) is 0 Å². The molecule has 0 aliphatic heterocycles. The molecule has 0 bridgehead atoms. The quantitative estimate of drug-likeness (QED) is 0.444. The molecule has 3 fully saturated rings. The lowest BCUT2D eigenvalue weighted by Gasteiger charge is -2.28. The molecule has 3 saturated carbocycles. The number of aromatic nitrogens is 2. The molecule has 0 spiro atoms. The van der Waals surface area contributed by atoms with Crippen molar-refractivity contribution in [3.63, 3.8) is 0 Å². The van der Waals surface area contributed by atoms with E-state index < -0.39 is 0 Å². The lowest BCUT2D eigenvalue weighted by molar-refractivity contribution is -0.740. The van der Waals surface area contributed by atoms with E-state index in [1.54, 1.807) is 17.2 Å². The summed E-state index contributed by atoms with van der Waals surface area (Å²) in [5.74, 6) is 3.17. The SMILES string of the molecule is Cc1ccccc1-n1c(C)c(C2CCCCC2)[n+](C2CCCCC2)c1C1CCCCC1. The van der Waals surface area contributed by atoms with Gasteiger partial charge in [-0.05, 0) is 69.9 Å². The van der Waals surface area contributed by atoms with Gasteiger partial charge in [0.2, 0.25) is 0 Å². The van der Waals surface area contributed by atoms with Crippen molar-refractivity contribution in [3.8, 4) is 5.69 Å². The first-order valence-electron chi connectivity index (χ1n) is 13.5. The molecule has 2 aromatic rings. The third kappa shape index (κ3) is 4.12. The van der Waals surface area contributed by atoms with Gasteiger partial charge in [-0.25, -0.2) is 4.57 Å². The van der Waals surface area contributed by atoms with E-state index in [-0.39, 0.29) is 0 Å². The van der Waals surface area contributed by atoms with E-state index in [1.807, 2.05) is 0 Å². The van der Waals surface area contributed by atoms with Crippen LogP contribution in [0.15, 0.2) is 24.3 Å². The minimum atomic E-state index is 0.728. The summed E-state index contributed by atoms with van der Waals surface area (Å²) in [6.45, 7) is 4.77. The van der Waals surface area contributed by atoms with E-state index in [1.165, 1.54) is 108 Å². The Hall–Kier alpha value is -1.57. The van der Waals surface area contributed by atoms with Crippen LogP contribution in [-0.4, -0.2) is 4.57 Å². The monoisotopic (exact) mass is 419 g/mol. The largest absolute Gasteiger partial charge is 0.265 e. The number of imidazole rings is 1. The summed E-state index contributed by atoms with van der Waals surface area (Å²) in [7, 11) is 0. The fourth-order valence-electron chi connectivity index (χ4n) is 7.14. The maximum atomic E-state index is 2.98. The molecule has 168 valence electrons. The van der Waals surface area contributed by atoms with Crippen molar-refractivity contribution in [2.24, 2.45) is 0 Å². The number of para-hydroxylation sites is 1. The molecule has 0 unspecified atom stereocenters. The van der Waals surface area contributed by atoms with Crippen molar-refractivity contribution in [1.82, 2.24) is 4.57 Å². The van der Waals surface area contributed by atoms with Crippen molar-refractivity contribution in [3.05, 3.63) is 47.0 Å².